The maximum Gasteiger partial charge on any atom is 0.338 e. The third kappa shape index (κ3) is 5.25. The summed E-state index contributed by atoms with van der Waals surface area (Å²) >= 11 is 0. The molecular formula is C22H26N2O5S. The van der Waals surface area contributed by atoms with E-state index in [-0.39, 0.29) is 23.0 Å². The van der Waals surface area contributed by atoms with Crippen molar-refractivity contribution in [2.24, 2.45) is 5.92 Å². The summed E-state index contributed by atoms with van der Waals surface area (Å²) in [6.07, 6.45) is 0.665. The summed E-state index contributed by atoms with van der Waals surface area (Å²) in [5.41, 5.74) is 2.36. The summed E-state index contributed by atoms with van der Waals surface area (Å²) < 4.78 is 32.4. The molecule has 0 radical (unpaired) electrons. The lowest BCUT2D eigenvalue weighted by molar-refractivity contribution is -0.124. The molecule has 0 aromatic heterocycles. The molecule has 0 atom stereocenters. The number of fused-ring (bicyclic) bond motifs is 1. The van der Waals surface area contributed by atoms with Crippen LogP contribution < -0.4 is 5.32 Å². The van der Waals surface area contributed by atoms with Crippen LogP contribution in [0.5, 0.6) is 0 Å². The van der Waals surface area contributed by atoms with Crippen LogP contribution in [-0.4, -0.2) is 44.3 Å². The number of esters is 1. The number of carbonyl (C=O) groups excluding carboxylic acids is 2. The first kappa shape index (κ1) is 22.0. The molecule has 7 nitrogen and oxygen atoms in total. The van der Waals surface area contributed by atoms with Gasteiger partial charge in [-0.1, -0.05) is 38.1 Å². The van der Waals surface area contributed by atoms with Gasteiger partial charge in [-0.05, 0) is 47.7 Å². The van der Waals surface area contributed by atoms with Gasteiger partial charge in [0.05, 0.1) is 10.5 Å². The second kappa shape index (κ2) is 9.40. The van der Waals surface area contributed by atoms with Crippen LogP contribution in [0.3, 0.4) is 0 Å². The number of benzene rings is 2. The number of hydrogen-bond acceptors (Lipinski definition) is 5. The van der Waals surface area contributed by atoms with Gasteiger partial charge in [0.1, 0.15) is 0 Å². The van der Waals surface area contributed by atoms with Crippen LogP contribution in [0.25, 0.3) is 0 Å². The molecule has 0 aliphatic carbocycles. The quantitative estimate of drug-likeness (QED) is 0.681. The number of hydrogen-bond donors (Lipinski definition) is 1. The van der Waals surface area contributed by atoms with Gasteiger partial charge in [0.2, 0.25) is 10.0 Å². The van der Waals surface area contributed by atoms with E-state index in [4.69, 9.17) is 4.74 Å². The van der Waals surface area contributed by atoms with Gasteiger partial charge < -0.3 is 10.1 Å². The first-order valence-corrected chi connectivity index (χ1v) is 11.3. The average Bonchev–Trinajstić information content (AvgIpc) is 2.75. The fourth-order valence-electron chi connectivity index (χ4n) is 3.17. The third-order valence-corrected chi connectivity index (χ3v) is 6.72. The molecular weight excluding hydrogens is 404 g/mol. The molecule has 1 amide bonds. The number of rotatable bonds is 7. The zero-order valence-electron chi connectivity index (χ0n) is 17.1. The molecule has 1 N–H and O–H groups in total. The molecule has 0 fully saturated rings. The van der Waals surface area contributed by atoms with Gasteiger partial charge >= 0.3 is 5.97 Å². The molecule has 8 heteroatoms. The molecule has 0 spiro atoms. The second-order valence-corrected chi connectivity index (χ2v) is 9.59. The number of nitrogens with one attached hydrogen (secondary N) is 1. The van der Waals surface area contributed by atoms with Crippen LogP contribution in [0.4, 0.5) is 0 Å². The summed E-state index contributed by atoms with van der Waals surface area (Å²) in [6, 6.07) is 13.4. The fraction of sp³-hybridized carbons (Fsp3) is 0.364. The van der Waals surface area contributed by atoms with Gasteiger partial charge in [-0.15, -0.1) is 0 Å². The Kier molecular flexibility index (Phi) is 6.89. The molecule has 0 saturated heterocycles. The van der Waals surface area contributed by atoms with Gasteiger partial charge in [-0.3, -0.25) is 4.79 Å². The predicted molar refractivity (Wildman–Crippen MR) is 112 cm³/mol. The maximum atomic E-state index is 13.0. The van der Waals surface area contributed by atoms with E-state index in [2.05, 4.69) is 5.32 Å². The standard InChI is InChI=1S/C22H26N2O5S/c1-16(2)13-23-21(25)15-29-22(26)18-7-9-20(10-8-18)30(27,28)24-12-11-17-5-3-4-6-19(17)14-24/h3-10,16H,11-15H2,1-2H3,(H,23,25). The lowest BCUT2D eigenvalue weighted by atomic mass is 10.0. The number of carbonyl (C=O) groups is 2. The molecule has 2 aromatic carbocycles. The number of nitrogens with zero attached hydrogens (tertiary/aromatic N) is 1. The Hall–Kier alpha value is -2.71. The van der Waals surface area contributed by atoms with Crippen molar-refractivity contribution in [3.63, 3.8) is 0 Å². The van der Waals surface area contributed by atoms with E-state index < -0.39 is 16.0 Å². The van der Waals surface area contributed by atoms with Gasteiger partial charge in [-0.2, -0.15) is 4.31 Å². The zero-order chi connectivity index (χ0) is 21.7. The number of ether oxygens (including phenoxy) is 1. The van der Waals surface area contributed by atoms with E-state index >= 15 is 0 Å². The van der Waals surface area contributed by atoms with E-state index in [1.807, 2.05) is 38.1 Å². The zero-order valence-corrected chi connectivity index (χ0v) is 17.9. The van der Waals surface area contributed by atoms with Crippen LogP contribution in [0.1, 0.15) is 35.3 Å². The van der Waals surface area contributed by atoms with Crippen molar-refractivity contribution in [3.8, 4) is 0 Å². The monoisotopic (exact) mass is 430 g/mol. The fourth-order valence-corrected chi connectivity index (χ4v) is 4.59. The SMILES string of the molecule is CC(C)CNC(=O)COC(=O)c1ccc(S(=O)(=O)N2CCc3ccccc3C2)cc1. The van der Waals surface area contributed by atoms with E-state index in [1.54, 1.807) is 0 Å². The van der Waals surface area contributed by atoms with E-state index in [1.165, 1.54) is 34.1 Å². The highest BCUT2D eigenvalue weighted by Gasteiger charge is 2.28. The molecule has 160 valence electrons. The molecule has 0 bridgehead atoms. The van der Waals surface area contributed by atoms with Crippen molar-refractivity contribution in [2.45, 2.75) is 31.7 Å². The van der Waals surface area contributed by atoms with Crippen LogP contribution in [0.2, 0.25) is 0 Å². The Morgan fingerprint density at radius 1 is 1.07 bits per heavy atom. The molecule has 30 heavy (non-hydrogen) atoms. The summed E-state index contributed by atoms with van der Waals surface area (Å²) in [5.74, 6) is -0.750. The topological polar surface area (TPSA) is 92.8 Å². The second-order valence-electron chi connectivity index (χ2n) is 7.66. The molecule has 1 aliphatic heterocycles. The highest BCUT2D eigenvalue weighted by Crippen LogP contribution is 2.25. The van der Waals surface area contributed by atoms with Crippen molar-refractivity contribution in [1.82, 2.24) is 9.62 Å². The number of sulfonamides is 1. The minimum atomic E-state index is -3.67. The molecule has 0 saturated carbocycles. The highest BCUT2D eigenvalue weighted by molar-refractivity contribution is 7.89. The minimum Gasteiger partial charge on any atom is -0.452 e. The normalized spacial score (nSPS) is 14.2. The van der Waals surface area contributed by atoms with Gasteiger partial charge in [0.15, 0.2) is 6.61 Å². The summed E-state index contributed by atoms with van der Waals surface area (Å²) in [5, 5.41) is 2.66. The minimum absolute atomic E-state index is 0.119. The van der Waals surface area contributed by atoms with E-state index in [0.717, 1.165) is 5.56 Å². The molecule has 0 unspecified atom stereocenters. The van der Waals surface area contributed by atoms with Crippen LogP contribution in [-0.2, 0) is 32.5 Å². The van der Waals surface area contributed by atoms with Gasteiger partial charge in [0.25, 0.3) is 5.91 Å². The molecule has 2 aromatic rings. The Balaban J connectivity index is 1.62. The van der Waals surface area contributed by atoms with Crippen LogP contribution >= 0.6 is 0 Å². The highest BCUT2D eigenvalue weighted by atomic mass is 32.2. The van der Waals surface area contributed by atoms with Crippen LogP contribution in [0, 0.1) is 5.92 Å². The van der Waals surface area contributed by atoms with Crippen molar-refractivity contribution in [3.05, 3.63) is 65.2 Å². The first-order chi connectivity index (χ1) is 14.3. The average molecular weight is 431 g/mol. The molecule has 1 aliphatic rings. The molecule has 3 rings (SSSR count). The maximum absolute atomic E-state index is 13.0. The Morgan fingerprint density at radius 3 is 2.40 bits per heavy atom. The third-order valence-electron chi connectivity index (χ3n) is 4.87. The van der Waals surface area contributed by atoms with E-state index in [0.29, 0.717) is 32.0 Å². The lowest BCUT2D eigenvalue weighted by Gasteiger charge is -2.28. The Morgan fingerprint density at radius 2 is 1.73 bits per heavy atom. The first-order valence-electron chi connectivity index (χ1n) is 9.88. The summed E-state index contributed by atoms with van der Waals surface area (Å²) in [4.78, 5) is 23.9. The summed E-state index contributed by atoms with van der Waals surface area (Å²) in [6.45, 7) is 4.79. The Bertz CT molecular complexity index is 1020. The van der Waals surface area contributed by atoms with Gasteiger partial charge in [0, 0.05) is 19.6 Å². The largest absolute Gasteiger partial charge is 0.452 e. The predicted octanol–water partition coefficient (Wildman–Crippen LogP) is 2.36. The van der Waals surface area contributed by atoms with Crippen molar-refractivity contribution < 1.29 is 22.7 Å². The van der Waals surface area contributed by atoms with E-state index in [9.17, 15) is 18.0 Å². The number of amides is 1. The molecule has 1 heterocycles. The smallest absolute Gasteiger partial charge is 0.338 e. The van der Waals surface area contributed by atoms with Crippen molar-refractivity contribution in [1.29, 1.82) is 0 Å². The van der Waals surface area contributed by atoms with Crippen molar-refractivity contribution >= 4 is 21.9 Å². The van der Waals surface area contributed by atoms with Crippen LogP contribution in [0.15, 0.2) is 53.4 Å². The summed E-state index contributed by atoms with van der Waals surface area (Å²) in [7, 11) is -3.67. The lowest BCUT2D eigenvalue weighted by Crippen LogP contribution is -2.35. The Labute approximate surface area is 177 Å². The van der Waals surface area contributed by atoms with Crippen molar-refractivity contribution in [2.75, 3.05) is 19.7 Å². The van der Waals surface area contributed by atoms with Gasteiger partial charge in [-0.25, -0.2) is 13.2 Å².